The largest absolute Gasteiger partial charge is 0.508 e. The van der Waals surface area contributed by atoms with Crippen LogP contribution >= 0.6 is 0 Å². The van der Waals surface area contributed by atoms with Crippen molar-refractivity contribution in [1.82, 2.24) is 5.32 Å². The van der Waals surface area contributed by atoms with Crippen LogP contribution in [-0.2, 0) is 0 Å². The van der Waals surface area contributed by atoms with Crippen LogP contribution in [0.5, 0.6) is 11.5 Å². The van der Waals surface area contributed by atoms with Gasteiger partial charge in [0.2, 0.25) is 0 Å². The summed E-state index contributed by atoms with van der Waals surface area (Å²) in [6.07, 6.45) is 6.58. The van der Waals surface area contributed by atoms with Crippen LogP contribution in [0.2, 0.25) is 0 Å². The molecule has 3 nitrogen and oxygen atoms in total. The average Bonchev–Trinajstić information content (AvgIpc) is 2.84. The van der Waals surface area contributed by atoms with Gasteiger partial charge in [-0.05, 0) is 43.6 Å². The summed E-state index contributed by atoms with van der Waals surface area (Å²) in [7, 11) is 0. The summed E-state index contributed by atoms with van der Waals surface area (Å²) < 4.78 is 0. The molecule has 1 aliphatic rings. The third-order valence-corrected chi connectivity index (χ3v) is 4.77. The molecule has 0 heterocycles. The maximum atomic E-state index is 9.96. The first-order chi connectivity index (χ1) is 9.92. The molecule has 0 aromatic heterocycles. The predicted octanol–water partition coefficient (Wildman–Crippen LogP) is 4.35. The van der Waals surface area contributed by atoms with Gasteiger partial charge in [-0.1, -0.05) is 32.8 Å². The fraction of sp³-hybridized carbons (Fsp3) is 0.667. The van der Waals surface area contributed by atoms with E-state index in [9.17, 15) is 10.2 Å². The standard InChI is InChI=1S/C18H29NO2/c1-13(2)11-18(8-4-5-9-18)12-19-14(3)16-7-6-15(20)10-17(16)21/h6-7,10,13-14,19-21H,4-5,8-9,11-12H2,1-3H3. The molecule has 0 radical (unpaired) electrons. The molecule has 1 fully saturated rings. The lowest BCUT2D eigenvalue weighted by molar-refractivity contribution is 0.216. The van der Waals surface area contributed by atoms with Gasteiger partial charge in [-0.25, -0.2) is 0 Å². The molecule has 3 heteroatoms. The van der Waals surface area contributed by atoms with E-state index in [0.717, 1.165) is 18.0 Å². The van der Waals surface area contributed by atoms with E-state index in [-0.39, 0.29) is 17.5 Å². The molecular formula is C18H29NO2. The van der Waals surface area contributed by atoms with Crippen LogP contribution in [-0.4, -0.2) is 16.8 Å². The van der Waals surface area contributed by atoms with Crippen LogP contribution in [0.15, 0.2) is 18.2 Å². The van der Waals surface area contributed by atoms with Crippen LogP contribution in [0.3, 0.4) is 0 Å². The van der Waals surface area contributed by atoms with Crippen molar-refractivity contribution in [3.63, 3.8) is 0 Å². The molecule has 2 rings (SSSR count). The predicted molar refractivity (Wildman–Crippen MR) is 86.5 cm³/mol. The van der Waals surface area contributed by atoms with E-state index in [1.165, 1.54) is 38.2 Å². The summed E-state index contributed by atoms with van der Waals surface area (Å²) in [4.78, 5) is 0. The Bertz CT molecular complexity index is 464. The summed E-state index contributed by atoms with van der Waals surface area (Å²) in [6, 6.07) is 4.93. The Morgan fingerprint density at radius 3 is 2.38 bits per heavy atom. The van der Waals surface area contributed by atoms with Gasteiger partial charge in [0.25, 0.3) is 0 Å². The van der Waals surface area contributed by atoms with E-state index >= 15 is 0 Å². The molecule has 1 unspecified atom stereocenters. The van der Waals surface area contributed by atoms with Crippen LogP contribution < -0.4 is 5.32 Å². The van der Waals surface area contributed by atoms with E-state index in [1.54, 1.807) is 12.1 Å². The second-order valence-corrected chi connectivity index (χ2v) is 7.15. The molecule has 1 aromatic carbocycles. The van der Waals surface area contributed by atoms with Gasteiger partial charge in [0, 0.05) is 24.2 Å². The smallest absolute Gasteiger partial charge is 0.124 e. The average molecular weight is 291 g/mol. The number of hydrogen-bond acceptors (Lipinski definition) is 3. The van der Waals surface area contributed by atoms with Crippen molar-refractivity contribution in [2.45, 2.75) is 58.9 Å². The lowest BCUT2D eigenvalue weighted by Crippen LogP contribution is -2.34. The molecule has 1 saturated carbocycles. The van der Waals surface area contributed by atoms with Gasteiger partial charge in [-0.3, -0.25) is 0 Å². The molecule has 0 amide bonds. The number of hydrogen-bond donors (Lipinski definition) is 3. The van der Waals surface area contributed by atoms with Crippen LogP contribution in [0, 0.1) is 11.3 Å². The Labute approximate surface area is 128 Å². The first-order valence-electron chi connectivity index (χ1n) is 8.17. The van der Waals surface area contributed by atoms with Gasteiger partial charge in [-0.2, -0.15) is 0 Å². The summed E-state index contributed by atoms with van der Waals surface area (Å²) >= 11 is 0. The minimum Gasteiger partial charge on any atom is -0.508 e. The Morgan fingerprint density at radius 2 is 1.81 bits per heavy atom. The second kappa shape index (κ2) is 6.69. The van der Waals surface area contributed by atoms with Crippen LogP contribution in [0.1, 0.15) is 64.5 Å². The zero-order chi connectivity index (χ0) is 15.5. The molecule has 1 aliphatic carbocycles. The monoisotopic (exact) mass is 291 g/mol. The van der Waals surface area contributed by atoms with Gasteiger partial charge >= 0.3 is 0 Å². The zero-order valence-corrected chi connectivity index (χ0v) is 13.5. The lowest BCUT2D eigenvalue weighted by Gasteiger charge is -2.33. The fourth-order valence-electron chi connectivity index (χ4n) is 3.82. The summed E-state index contributed by atoms with van der Waals surface area (Å²) in [5.74, 6) is 0.997. The molecule has 1 atom stereocenters. The summed E-state index contributed by atoms with van der Waals surface area (Å²) in [5, 5.41) is 23.0. The normalized spacial score (nSPS) is 19.0. The van der Waals surface area contributed by atoms with Gasteiger partial charge in [0.1, 0.15) is 11.5 Å². The first kappa shape index (κ1) is 16.2. The van der Waals surface area contributed by atoms with Crippen molar-refractivity contribution < 1.29 is 10.2 Å². The molecular weight excluding hydrogens is 262 g/mol. The third-order valence-electron chi connectivity index (χ3n) is 4.77. The number of aromatic hydroxyl groups is 2. The van der Waals surface area contributed by atoms with E-state index in [0.29, 0.717) is 5.41 Å². The van der Waals surface area contributed by atoms with Gasteiger partial charge < -0.3 is 15.5 Å². The highest BCUT2D eigenvalue weighted by molar-refractivity contribution is 5.40. The molecule has 0 aliphatic heterocycles. The van der Waals surface area contributed by atoms with E-state index < -0.39 is 0 Å². The number of nitrogens with one attached hydrogen (secondary N) is 1. The van der Waals surface area contributed by atoms with Gasteiger partial charge in [0.05, 0.1) is 0 Å². The van der Waals surface area contributed by atoms with E-state index in [2.05, 4.69) is 26.1 Å². The maximum absolute atomic E-state index is 9.96. The number of phenolic OH excluding ortho intramolecular Hbond substituents is 2. The first-order valence-corrected chi connectivity index (χ1v) is 8.17. The molecule has 0 saturated heterocycles. The Hall–Kier alpha value is -1.22. The number of benzene rings is 1. The third kappa shape index (κ3) is 4.13. The van der Waals surface area contributed by atoms with Crippen molar-refractivity contribution in [3.05, 3.63) is 23.8 Å². The molecule has 21 heavy (non-hydrogen) atoms. The summed E-state index contributed by atoms with van der Waals surface area (Å²) in [5.41, 5.74) is 1.28. The van der Waals surface area contributed by atoms with Gasteiger partial charge in [-0.15, -0.1) is 0 Å². The zero-order valence-electron chi connectivity index (χ0n) is 13.5. The quantitative estimate of drug-likeness (QED) is 0.730. The van der Waals surface area contributed by atoms with Crippen LogP contribution in [0.25, 0.3) is 0 Å². The minimum atomic E-state index is 0.0928. The van der Waals surface area contributed by atoms with Crippen molar-refractivity contribution in [3.8, 4) is 11.5 Å². The van der Waals surface area contributed by atoms with Crippen molar-refractivity contribution in [1.29, 1.82) is 0 Å². The topological polar surface area (TPSA) is 52.5 Å². The highest BCUT2D eigenvalue weighted by atomic mass is 16.3. The summed E-state index contributed by atoms with van der Waals surface area (Å²) in [6.45, 7) is 7.68. The number of rotatable bonds is 6. The molecule has 0 bridgehead atoms. The Balaban J connectivity index is 2.00. The van der Waals surface area contributed by atoms with Gasteiger partial charge in [0.15, 0.2) is 0 Å². The molecule has 1 aromatic rings. The lowest BCUT2D eigenvalue weighted by atomic mass is 9.78. The van der Waals surface area contributed by atoms with Crippen molar-refractivity contribution in [2.75, 3.05) is 6.54 Å². The fourth-order valence-corrected chi connectivity index (χ4v) is 3.82. The minimum absolute atomic E-state index is 0.0928. The molecule has 0 spiro atoms. The Morgan fingerprint density at radius 1 is 1.14 bits per heavy atom. The molecule has 3 N–H and O–H groups in total. The number of phenols is 2. The van der Waals surface area contributed by atoms with E-state index in [4.69, 9.17) is 0 Å². The highest BCUT2D eigenvalue weighted by Crippen LogP contribution is 2.43. The van der Waals surface area contributed by atoms with Crippen molar-refractivity contribution in [2.24, 2.45) is 11.3 Å². The highest BCUT2D eigenvalue weighted by Gasteiger charge is 2.34. The SMILES string of the molecule is CC(C)CC1(CNC(C)c2ccc(O)cc2O)CCCC1. The maximum Gasteiger partial charge on any atom is 0.124 e. The second-order valence-electron chi connectivity index (χ2n) is 7.15. The van der Waals surface area contributed by atoms with Crippen molar-refractivity contribution >= 4 is 0 Å². The van der Waals surface area contributed by atoms with Crippen LogP contribution in [0.4, 0.5) is 0 Å². The molecule has 118 valence electrons. The Kier molecular flexibility index (Phi) is 5.15. The van der Waals surface area contributed by atoms with E-state index in [1.807, 2.05) is 0 Å².